The molecule has 1 atom stereocenters. The summed E-state index contributed by atoms with van der Waals surface area (Å²) in [6.45, 7) is 6.87. The Kier molecular flexibility index (Phi) is 19.4. The van der Waals surface area contributed by atoms with Crippen molar-refractivity contribution in [3.63, 3.8) is 0 Å². The second-order valence-electron chi connectivity index (χ2n) is 11.7. The van der Waals surface area contributed by atoms with Crippen LogP contribution in [0.3, 0.4) is 0 Å². The molecule has 2 heteroatoms. The predicted molar refractivity (Wildman–Crippen MR) is 165 cm³/mol. The fourth-order valence-electron chi connectivity index (χ4n) is 5.84. The van der Waals surface area contributed by atoms with Gasteiger partial charge in [-0.25, -0.2) is 0 Å². The third kappa shape index (κ3) is 15.5. The van der Waals surface area contributed by atoms with Crippen LogP contribution >= 0.6 is 0 Å². The molecule has 1 heterocycles. The summed E-state index contributed by atoms with van der Waals surface area (Å²) in [5.74, 6) is 0. The van der Waals surface area contributed by atoms with Gasteiger partial charge in [0.05, 0.1) is 0 Å². The van der Waals surface area contributed by atoms with Crippen molar-refractivity contribution in [3.05, 3.63) is 48.3 Å². The minimum absolute atomic E-state index is 0.553. The lowest BCUT2D eigenvalue weighted by molar-refractivity contribution is 0.132. The Labute approximate surface area is 232 Å². The van der Waals surface area contributed by atoms with E-state index in [1.807, 2.05) is 0 Å². The van der Waals surface area contributed by atoms with Crippen molar-refractivity contribution in [2.24, 2.45) is 0 Å². The van der Waals surface area contributed by atoms with E-state index in [0.29, 0.717) is 6.17 Å². The van der Waals surface area contributed by atoms with Crippen molar-refractivity contribution >= 4 is 0 Å². The third-order valence-electron chi connectivity index (χ3n) is 8.26. The molecule has 0 aromatic heterocycles. The molecule has 37 heavy (non-hydrogen) atoms. The maximum atomic E-state index is 2.65. The lowest BCUT2D eigenvalue weighted by Gasteiger charge is -2.33. The molecule has 0 N–H and O–H groups in total. The Balaban J connectivity index is 1.59. The van der Waals surface area contributed by atoms with Gasteiger partial charge in [0.2, 0.25) is 0 Å². The van der Waals surface area contributed by atoms with Gasteiger partial charge in [-0.15, -0.1) is 0 Å². The van der Waals surface area contributed by atoms with Gasteiger partial charge in [-0.05, 0) is 24.8 Å². The highest BCUT2D eigenvalue weighted by molar-refractivity contribution is 5.16. The average molecular weight is 511 g/mol. The summed E-state index contributed by atoms with van der Waals surface area (Å²) in [4.78, 5) is 5.25. The Morgan fingerprint density at radius 2 is 0.919 bits per heavy atom. The Bertz CT molecular complexity index is 640. The second kappa shape index (κ2) is 22.5. The van der Waals surface area contributed by atoms with Gasteiger partial charge in [0, 0.05) is 25.5 Å². The fraction of sp³-hybridized carbons (Fsp3) is 0.771. The molecule has 0 spiro atoms. The Morgan fingerprint density at radius 1 is 0.486 bits per heavy atom. The molecule has 0 saturated carbocycles. The van der Waals surface area contributed by atoms with E-state index in [4.69, 9.17) is 0 Å². The van der Waals surface area contributed by atoms with Crippen LogP contribution in [0.5, 0.6) is 0 Å². The fourth-order valence-corrected chi connectivity index (χ4v) is 5.84. The highest BCUT2D eigenvalue weighted by Crippen LogP contribution is 2.25. The highest BCUT2D eigenvalue weighted by Gasteiger charge is 2.25. The van der Waals surface area contributed by atoms with Gasteiger partial charge in [-0.1, -0.05) is 166 Å². The van der Waals surface area contributed by atoms with Crippen LogP contribution in [-0.4, -0.2) is 22.5 Å². The molecule has 1 aromatic carbocycles. The monoisotopic (exact) mass is 510 g/mol. The average Bonchev–Trinajstić information content (AvgIpc) is 3.29. The first kappa shape index (κ1) is 31.8. The summed E-state index contributed by atoms with van der Waals surface area (Å²) < 4.78 is 0. The standard InChI is InChI=1S/C35H62N2/c1-3-5-7-9-11-12-13-14-15-16-17-18-20-25-29-35-36(30-26-21-19-10-8-6-4-2)31-32-37(35)33-34-27-23-22-24-28-34/h22-24,27-28,31-32,35H,3-21,25-26,29-30,33H2,1-2H3. The molecule has 2 nitrogen and oxygen atoms in total. The Hall–Kier alpha value is -1.44. The Morgan fingerprint density at radius 3 is 1.43 bits per heavy atom. The normalized spacial score (nSPS) is 15.2. The number of hydrogen-bond donors (Lipinski definition) is 0. The molecular formula is C35H62N2. The van der Waals surface area contributed by atoms with Gasteiger partial charge in [0.15, 0.2) is 0 Å². The molecule has 0 radical (unpaired) electrons. The van der Waals surface area contributed by atoms with Gasteiger partial charge in [-0.3, -0.25) is 0 Å². The SMILES string of the molecule is CCCCCCCCCCCCCCCCC1N(CCCCCCCCC)C=CN1Cc1ccccc1. The summed E-state index contributed by atoms with van der Waals surface area (Å²) in [5.41, 5.74) is 1.43. The van der Waals surface area contributed by atoms with Crippen LogP contribution in [0, 0.1) is 0 Å². The smallest absolute Gasteiger partial charge is 0.101 e. The molecule has 0 fully saturated rings. The summed E-state index contributed by atoms with van der Waals surface area (Å²) in [6.07, 6.45) is 36.4. The van der Waals surface area contributed by atoms with Crippen molar-refractivity contribution in [2.75, 3.05) is 6.54 Å². The second-order valence-corrected chi connectivity index (χ2v) is 11.7. The van der Waals surface area contributed by atoms with E-state index in [1.165, 1.54) is 153 Å². The summed E-state index contributed by atoms with van der Waals surface area (Å²) in [5, 5.41) is 0. The molecule has 0 amide bonds. The van der Waals surface area contributed by atoms with Crippen LogP contribution in [0.25, 0.3) is 0 Å². The van der Waals surface area contributed by atoms with Crippen LogP contribution < -0.4 is 0 Å². The van der Waals surface area contributed by atoms with Gasteiger partial charge in [-0.2, -0.15) is 0 Å². The van der Waals surface area contributed by atoms with Crippen LogP contribution in [0.15, 0.2) is 42.7 Å². The van der Waals surface area contributed by atoms with Crippen LogP contribution in [-0.2, 0) is 6.54 Å². The number of benzene rings is 1. The molecule has 1 unspecified atom stereocenters. The zero-order chi connectivity index (χ0) is 26.2. The molecule has 0 aliphatic carbocycles. The molecular weight excluding hydrogens is 448 g/mol. The van der Waals surface area contributed by atoms with E-state index in [0.717, 1.165) is 6.54 Å². The maximum absolute atomic E-state index is 2.65. The predicted octanol–water partition coefficient (Wildman–Crippen LogP) is 11.2. The summed E-state index contributed by atoms with van der Waals surface area (Å²) in [6, 6.07) is 11.0. The van der Waals surface area contributed by atoms with Gasteiger partial charge < -0.3 is 9.80 Å². The van der Waals surface area contributed by atoms with E-state index >= 15 is 0 Å². The lowest BCUT2D eigenvalue weighted by Crippen LogP contribution is -2.38. The largest absolute Gasteiger partial charge is 0.356 e. The van der Waals surface area contributed by atoms with Crippen molar-refractivity contribution in [1.29, 1.82) is 0 Å². The van der Waals surface area contributed by atoms with Crippen LogP contribution in [0.2, 0.25) is 0 Å². The lowest BCUT2D eigenvalue weighted by atomic mass is 10.0. The minimum atomic E-state index is 0.553. The summed E-state index contributed by atoms with van der Waals surface area (Å²) in [7, 11) is 0. The first-order chi connectivity index (χ1) is 18.3. The van der Waals surface area contributed by atoms with Gasteiger partial charge in [0.1, 0.15) is 6.17 Å². The molecule has 212 valence electrons. The van der Waals surface area contributed by atoms with E-state index < -0.39 is 0 Å². The first-order valence-corrected chi connectivity index (χ1v) is 16.6. The van der Waals surface area contributed by atoms with E-state index in [-0.39, 0.29) is 0 Å². The van der Waals surface area contributed by atoms with E-state index in [9.17, 15) is 0 Å². The van der Waals surface area contributed by atoms with E-state index in [2.05, 4.69) is 66.4 Å². The molecule has 1 aromatic rings. The highest BCUT2D eigenvalue weighted by atomic mass is 15.4. The zero-order valence-electron chi connectivity index (χ0n) is 25.0. The molecule has 1 aliphatic rings. The van der Waals surface area contributed by atoms with Crippen molar-refractivity contribution in [1.82, 2.24) is 9.80 Å². The molecule has 2 rings (SSSR count). The van der Waals surface area contributed by atoms with Crippen molar-refractivity contribution < 1.29 is 0 Å². The quantitative estimate of drug-likeness (QED) is 0.121. The number of hydrogen-bond acceptors (Lipinski definition) is 2. The number of rotatable bonds is 25. The molecule has 1 aliphatic heterocycles. The first-order valence-electron chi connectivity index (χ1n) is 16.6. The zero-order valence-corrected chi connectivity index (χ0v) is 25.0. The maximum Gasteiger partial charge on any atom is 0.101 e. The van der Waals surface area contributed by atoms with Crippen LogP contribution in [0.1, 0.15) is 161 Å². The summed E-state index contributed by atoms with van der Waals surface area (Å²) >= 11 is 0. The molecule has 0 bridgehead atoms. The van der Waals surface area contributed by atoms with Gasteiger partial charge in [0.25, 0.3) is 0 Å². The van der Waals surface area contributed by atoms with Crippen molar-refractivity contribution in [3.8, 4) is 0 Å². The van der Waals surface area contributed by atoms with Gasteiger partial charge >= 0.3 is 0 Å². The molecule has 0 saturated heterocycles. The van der Waals surface area contributed by atoms with E-state index in [1.54, 1.807) is 0 Å². The minimum Gasteiger partial charge on any atom is -0.356 e. The topological polar surface area (TPSA) is 6.48 Å². The number of nitrogens with zero attached hydrogens (tertiary/aromatic N) is 2. The van der Waals surface area contributed by atoms with Crippen LogP contribution in [0.4, 0.5) is 0 Å². The number of unbranched alkanes of at least 4 members (excludes halogenated alkanes) is 19. The third-order valence-corrected chi connectivity index (χ3v) is 8.26. The van der Waals surface area contributed by atoms with Crippen molar-refractivity contribution in [2.45, 2.75) is 168 Å².